The van der Waals surface area contributed by atoms with E-state index < -0.39 is 0 Å². The van der Waals surface area contributed by atoms with E-state index in [1.54, 1.807) is 6.20 Å². The van der Waals surface area contributed by atoms with E-state index in [1.165, 1.54) is 0 Å². The van der Waals surface area contributed by atoms with Crippen LogP contribution in [0, 0.1) is 5.92 Å². The lowest BCUT2D eigenvalue weighted by atomic mass is 10.0. The van der Waals surface area contributed by atoms with Crippen molar-refractivity contribution in [1.82, 2.24) is 19.9 Å². The van der Waals surface area contributed by atoms with Gasteiger partial charge in [0.25, 0.3) is 0 Å². The molecule has 6 heteroatoms. The Hall–Kier alpha value is -3.54. The first-order chi connectivity index (χ1) is 15.7. The first-order valence-corrected chi connectivity index (χ1v) is 11.3. The van der Waals surface area contributed by atoms with Crippen LogP contribution >= 0.6 is 0 Å². The Morgan fingerprint density at radius 2 is 2.00 bits per heavy atom. The number of carbonyl (C=O) groups is 1. The minimum atomic E-state index is 0.131. The molecule has 2 atom stereocenters. The quantitative estimate of drug-likeness (QED) is 0.566. The largest absolute Gasteiger partial charge is 0.342 e. The summed E-state index contributed by atoms with van der Waals surface area (Å²) in [5.74, 6) is 2.30. The molecule has 1 aliphatic heterocycles. The Kier molecular flexibility index (Phi) is 5.92. The predicted molar refractivity (Wildman–Crippen MR) is 125 cm³/mol. The zero-order chi connectivity index (χ0) is 21.8. The number of carbonyl (C=O) groups excluding carboxylic acids is 1. The Bertz CT molecular complexity index is 1100. The van der Waals surface area contributed by atoms with Crippen molar-refractivity contribution < 1.29 is 4.79 Å². The van der Waals surface area contributed by atoms with Crippen molar-refractivity contribution in [3.05, 3.63) is 78.9 Å². The third-order valence-corrected chi connectivity index (χ3v) is 6.20. The lowest BCUT2D eigenvalue weighted by Gasteiger charge is -2.18. The third kappa shape index (κ3) is 4.69. The number of amides is 1. The molecule has 6 nitrogen and oxygen atoms in total. The lowest BCUT2D eigenvalue weighted by molar-refractivity contribution is -0.130. The average Bonchev–Trinajstić information content (AvgIpc) is 3.53. The number of aromatic nitrogens is 3. The molecule has 1 saturated heterocycles. The first-order valence-electron chi connectivity index (χ1n) is 11.3. The Labute approximate surface area is 188 Å². The van der Waals surface area contributed by atoms with Crippen LogP contribution < -0.4 is 5.32 Å². The molecule has 32 heavy (non-hydrogen) atoms. The van der Waals surface area contributed by atoms with Gasteiger partial charge in [-0.05, 0) is 49.4 Å². The predicted octanol–water partition coefficient (Wildman–Crippen LogP) is 4.95. The van der Waals surface area contributed by atoms with Crippen LogP contribution in [0.4, 0.5) is 11.5 Å². The molecular weight excluding hydrogens is 398 g/mol. The number of nitrogens with zero attached hydrogens (tertiary/aromatic N) is 4. The Morgan fingerprint density at radius 1 is 1.09 bits per heavy atom. The van der Waals surface area contributed by atoms with E-state index in [0.29, 0.717) is 18.9 Å². The summed E-state index contributed by atoms with van der Waals surface area (Å²) in [6, 6.07) is 15.9. The molecule has 5 rings (SSSR count). The summed E-state index contributed by atoms with van der Waals surface area (Å²) < 4.78 is 0. The fourth-order valence-corrected chi connectivity index (χ4v) is 4.46. The van der Waals surface area contributed by atoms with Gasteiger partial charge in [-0.1, -0.05) is 30.4 Å². The molecule has 0 radical (unpaired) electrons. The molecule has 3 aromatic rings. The highest BCUT2D eigenvalue weighted by atomic mass is 16.2. The number of likely N-dealkylation sites (tertiary alicyclic amines) is 1. The van der Waals surface area contributed by atoms with E-state index >= 15 is 0 Å². The zero-order valence-corrected chi connectivity index (χ0v) is 18.0. The van der Waals surface area contributed by atoms with Gasteiger partial charge in [-0.2, -0.15) is 0 Å². The van der Waals surface area contributed by atoms with E-state index in [0.717, 1.165) is 54.4 Å². The maximum absolute atomic E-state index is 12.8. The van der Waals surface area contributed by atoms with Gasteiger partial charge in [0.2, 0.25) is 5.91 Å². The number of pyridine rings is 1. The normalized spacial score (nSPS) is 19.9. The summed E-state index contributed by atoms with van der Waals surface area (Å²) in [5, 5.41) is 3.40. The maximum atomic E-state index is 12.8. The number of hydrogen-bond donors (Lipinski definition) is 1. The number of nitrogens with one attached hydrogen (secondary N) is 1. The van der Waals surface area contributed by atoms with Crippen molar-refractivity contribution in [2.45, 2.75) is 31.6 Å². The van der Waals surface area contributed by atoms with Crippen LogP contribution in [-0.2, 0) is 4.79 Å². The second-order valence-electron chi connectivity index (χ2n) is 8.52. The van der Waals surface area contributed by atoms with Crippen LogP contribution in [0.3, 0.4) is 0 Å². The maximum Gasteiger partial charge on any atom is 0.223 e. The van der Waals surface area contributed by atoms with Crippen molar-refractivity contribution in [2.24, 2.45) is 5.92 Å². The number of allylic oxidation sites excluding steroid dienone is 2. The zero-order valence-electron chi connectivity index (χ0n) is 18.0. The third-order valence-electron chi connectivity index (χ3n) is 6.20. The fraction of sp³-hybridized carbons (Fsp3) is 0.308. The van der Waals surface area contributed by atoms with E-state index in [9.17, 15) is 4.79 Å². The van der Waals surface area contributed by atoms with Gasteiger partial charge in [-0.25, -0.2) is 9.97 Å². The molecule has 1 N–H and O–H groups in total. The van der Waals surface area contributed by atoms with E-state index in [-0.39, 0.29) is 11.8 Å². The van der Waals surface area contributed by atoms with Gasteiger partial charge in [0.1, 0.15) is 11.6 Å². The standard InChI is InChI=1S/C26H27N5O/c32-25(15-19-7-4-5-8-19)31-14-12-21(18-31)26-29-23(20-9-6-13-27-17-20)16-24(30-26)28-22-10-2-1-3-11-22/h1-4,6-7,9-11,13,16-17,19,21H,5,8,12,14-15,18H2,(H,28,29,30)/t19-,21+/m1/s1. The molecule has 0 bridgehead atoms. The monoisotopic (exact) mass is 425 g/mol. The number of anilines is 2. The van der Waals surface area contributed by atoms with Crippen LogP contribution in [0.1, 0.15) is 37.4 Å². The molecule has 3 heterocycles. The van der Waals surface area contributed by atoms with Crippen LogP contribution in [0.25, 0.3) is 11.3 Å². The molecule has 2 aromatic heterocycles. The molecule has 2 aliphatic rings. The van der Waals surface area contributed by atoms with Crippen molar-refractivity contribution in [3.63, 3.8) is 0 Å². The van der Waals surface area contributed by atoms with Crippen LogP contribution in [0.2, 0.25) is 0 Å². The molecule has 0 saturated carbocycles. The smallest absolute Gasteiger partial charge is 0.223 e. The van der Waals surface area contributed by atoms with Crippen LogP contribution in [-0.4, -0.2) is 38.8 Å². The Balaban J connectivity index is 1.38. The average molecular weight is 426 g/mol. The molecule has 1 amide bonds. The number of hydrogen-bond acceptors (Lipinski definition) is 5. The summed E-state index contributed by atoms with van der Waals surface area (Å²) in [7, 11) is 0. The second kappa shape index (κ2) is 9.30. The molecule has 162 valence electrons. The van der Waals surface area contributed by atoms with Crippen molar-refractivity contribution >= 4 is 17.4 Å². The van der Waals surface area contributed by atoms with E-state index in [1.807, 2.05) is 59.6 Å². The summed E-state index contributed by atoms with van der Waals surface area (Å²) >= 11 is 0. The highest BCUT2D eigenvalue weighted by Gasteiger charge is 2.30. The lowest BCUT2D eigenvalue weighted by Crippen LogP contribution is -2.29. The molecule has 1 aliphatic carbocycles. The summed E-state index contributed by atoms with van der Waals surface area (Å²) in [4.78, 5) is 28.8. The highest BCUT2D eigenvalue weighted by Crippen LogP contribution is 2.30. The van der Waals surface area contributed by atoms with Gasteiger partial charge >= 0.3 is 0 Å². The molecule has 0 unspecified atom stereocenters. The fourth-order valence-electron chi connectivity index (χ4n) is 4.46. The topological polar surface area (TPSA) is 71.0 Å². The summed E-state index contributed by atoms with van der Waals surface area (Å²) in [6.07, 6.45) is 11.6. The Morgan fingerprint density at radius 3 is 2.78 bits per heavy atom. The summed E-state index contributed by atoms with van der Waals surface area (Å²) in [5.41, 5.74) is 2.76. The van der Waals surface area contributed by atoms with Crippen LogP contribution in [0.5, 0.6) is 0 Å². The van der Waals surface area contributed by atoms with Gasteiger partial charge in [0, 0.05) is 55.1 Å². The van der Waals surface area contributed by atoms with Gasteiger partial charge in [-0.15, -0.1) is 0 Å². The molecule has 1 aromatic carbocycles. The first kappa shape index (κ1) is 20.4. The van der Waals surface area contributed by atoms with Gasteiger partial charge in [0.15, 0.2) is 0 Å². The molecule has 1 fully saturated rings. The van der Waals surface area contributed by atoms with Gasteiger partial charge in [0.05, 0.1) is 5.69 Å². The van der Waals surface area contributed by atoms with E-state index in [2.05, 4.69) is 22.5 Å². The minimum absolute atomic E-state index is 0.131. The van der Waals surface area contributed by atoms with Gasteiger partial charge < -0.3 is 10.2 Å². The van der Waals surface area contributed by atoms with Crippen molar-refractivity contribution in [2.75, 3.05) is 18.4 Å². The number of para-hydroxylation sites is 1. The number of rotatable bonds is 6. The van der Waals surface area contributed by atoms with Gasteiger partial charge in [-0.3, -0.25) is 9.78 Å². The molecule has 0 spiro atoms. The van der Waals surface area contributed by atoms with E-state index in [4.69, 9.17) is 9.97 Å². The highest BCUT2D eigenvalue weighted by molar-refractivity contribution is 5.77. The summed E-state index contributed by atoms with van der Waals surface area (Å²) in [6.45, 7) is 1.44. The second-order valence-corrected chi connectivity index (χ2v) is 8.52. The number of benzene rings is 1. The van der Waals surface area contributed by atoms with Crippen molar-refractivity contribution in [1.29, 1.82) is 0 Å². The molecular formula is C26H27N5O. The SMILES string of the molecule is O=C(C[C@@H]1C=CCC1)N1CC[C@H](c2nc(Nc3ccccc3)cc(-c3cccnc3)n2)C1. The van der Waals surface area contributed by atoms with Crippen molar-refractivity contribution in [3.8, 4) is 11.3 Å². The minimum Gasteiger partial charge on any atom is -0.342 e. The van der Waals surface area contributed by atoms with Crippen LogP contribution in [0.15, 0.2) is 73.1 Å².